The highest BCUT2D eigenvalue weighted by atomic mass is 16.5. The molecule has 0 aromatic rings. The van der Waals surface area contributed by atoms with Gasteiger partial charge in [-0.2, -0.15) is 0 Å². The zero-order valence-electron chi connectivity index (χ0n) is 8.86. The predicted molar refractivity (Wildman–Crippen MR) is 53.4 cm³/mol. The van der Waals surface area contributed by atoms with Gasteiger partial charge in [0.2, 0.25) is 0 Å². The molecule has 2 N–H and O–H groups in total. The molecule has 0 radical (unpaired) electrons. The van der Waals surface area contributed by atoms with Crippen LogP contribution in [0.5, 0.6) is 0 Å². The van der Waals surface area contributed by atoms with Crippen molar-refractivity contribution in [2.75, 3.05) is 20.2 Å². The minimum Gasteiger partial charge on any atom is -0.481 e. The van der Waals surface area contributed by atoms with Gasteiger partial charge in [0, 0.05) is 0 Å². The Morgan fingerprint density at radius 2 is 2.33 bits per heavy atom. The first kappa shape index (κ1) is 12.0. The van der Waals surface area contributed by atoms with Crippen molar-refractivity contribution in [3.8, 4) is 0 Å². The van der Waals surface area contributed by atoms with Gasteiger partial charge in [-0.1, -0.05) is 0 Å². The quantitative estimate of drug-likeness (QED) is 0.657. The number of esters is 1. The molecule has 5 nitrogen and oxygen atoms in total. The molecule has 15 heavy (non-hydrogen) atoms. The third kappa shape index (κ3) is 3.51. The lowest BCUT2D eigenvalue weighted by molar-refractivity contribution is -0.153. The van der Waals surface area contributed by atoms with Crippen molar-refractivity contribution in [2.45, 2.75) is 19.3 Å². The Kier molecular flexibility index (Phi) is 4.55. The van der Waals surface area contributed by atoms with E-state index in [1.54, 1.807) is 0 Å². The Balaban J connectivity index is 2.60. The van der Waals surface area contributed by atoms with Gasteiger partial charge in [0.1, 0.15) is 0 Å². The normalized spacial score (nSPS) is 23.1. The number of ether oxygens (including phenoxy) is 1. The van der Waals surface area contributed by atoms with Crippen molar-refractivity contribution in [1.82, 2.24) is 5.32 Å². The Labute approximate surface area is 88.8 Å². The monoisotopic (exact) mass is 215 g/mol. The summed E-state index contributed by atoms with van der Waals surface area (Å²) in [6, 6.07) is 0. The molecule has 0 aliphatic carbocycles. The molecule has 0 bridgehead atoms. The number of hydrogen-bond donors (Lipinski definition) is 2. The second-order valence-electron chi connectivity index (χ2n) is 3.83. The average molecular weight is 215 g/mol. The molecule has 2 atom stereocenters. The van der Waals surface area contributed by atoms with E-state index in [4.69, 9.17) is 5.11 Å². The van der Waals surface area contributed by atoms with Gasteiger partial charge >= 0.3 is 11.9 Å². The number of methoxy groups -OCH3 is 1. The lowest BCUT2D eigenvalue weighted by Gasteiger charge is -2.28. The first-order valence-electron chi connectivity index (χ1n) is 5.15. The van der Waals surface area contributed by atoms with Gasteiger partial charge in [0.25, 0.3) is 0 Å². The summed E-state index contributed by atoms with van der Waals surface area (Å²) in [7, 11) is 1.30. The number of carboxylic acid groups (broad SMARTS) is 1. The third-order valence-electron chi connectivity index (χ3n) is 2.80. The summed E-state index contributed by atoms with van der Waals surface area (Å²) in [5, 5.41) is 11.9. The van der Waals surface area contributed by atoms with E-state index in [9.17, 15) is 9.59 Å². The maximum absolute atomic E-state index is 11.4. The summed E-state index contributed by atoms with van der Waals surface area (Å²) in [5.41, 5.74) is 0. The topological polar surface area (TPSA) is 75.6 Å². The SMILES string of the molecule is COC(=O)C(CC(=O)O)C1CCCNC1. The Morgan fingerprint density at radius 1 is 1.60 bits per heavy atom. The molecule has 0 spiro atoms. The molecule has 1 aliphatic rings. The van der Waals surface area contributed by atoms with Crippen molar-refractivity contribution in [3.05, 3.63) is 0 Å². The van der Waals surface area contributed by atoms with Crippen molar-refractivity contribution in [3.63, 3.8) is 0 Å². The average Bonchev–Trinajstić information content (AvgIpc) is 2.26. The number of aliphatic carboxylic acids is 1. The van der Waals surface area contributed by atoms with E-state index in [1.807, 2.05) is 0 Å². The Hall–Kier alpha value is -1.10. The summed E-state index contributed by atoms with van der Waals surface area (Å²) in [6.45, 7) is 1.64. The Morgan fingerprint density at radius 3 is 2.80 bits per heavy atom. The van der Waals surface area contributed by atoms with Gasteiger partial charge < -0.3 is 15.2 Å². The van der Waals surface area contributed by atoms with E-state index in [1.165, 1.54) is 7.11 Å². The van der Waals surface area contributed by atoms with Gasteiger partial charge in [0.15, 0.2) is 0 Å². The first-order chi connectivity index (χ1) is 7.15. The molecular weight excluding hydrogens is 198 g/mol. The van der Waals surface area contributed by atoms with Crippen LogP contribution in [0.25, 0.3) is 0 Å². The Bertz CT molecular complexity index is 236. The van der Waals surface area contributed by atoms with Crippen molar-refractivity contribution in [1.29, 1.82) is 0 Å². The van der Waals surface area contributed by atoms with Crippen LogP contribution in [0.15, 0.2) is 0 Å². The maximum Gasteiger partial charge on any atom is 0.309 e. The summed E-state index contributed by atoms with van der Waals surface area (Å²) in [4.78, 5) is 22.1. The van der Waals surface area contributed by atoms with Gasteiger partial charge in [0.05, 0.1) is 19.4 Å². The fourth-order valence-corrected chi connectivity index (χ4v) is 2.00. The molecule has 5 heteroatoms. The van der Waals surface area contributed by atoms with E-state index in [2.05, 4.69) is 10.1 Å². The van der Waals surface area contributed by atoms with E-state index in [0.29, 0.717) is 6.54 Å². The summed E-state index contributed by atoms with van der Waals surface area (Å²) >= 11 is 0. The van der Waals surface area contributed by atoms with E-state index in [0.717, 1.165) is 19.4 Å². The number of carboxylic acids is 1. The molecule has 0 saturated carbocycles. The van der Waals surface area contributed by atoms with Gasteiger partial charge in [-0.05, 0) is 31.8 Å². The summed E-state index contributed by atoms with van der Waals surface area (Å²) < 4.78 is 4.64. The fraction of sp³-hybridized carbons (Fsp3) is 0.800. The summed E-state index contributed by atoms with van der Waals surface area (Å²) in [5.74, 6) is -1.79. The van der Waals surface area contributed by atoms with Crippen molar-refractivity contribution < 1.29 is 19.4 Å². The summed E-state index contributed by atoms with van der Waals surface area (Å²) in [6.07, 6.45) is 1.73. The first-order valence-corrected chi connectivity index (χ1v) is 5.15. The van der Waals surface area contributed by atoms with E-state index < -0.39 is 17.9 Å². The molecule has 1 heterocycles. The number of piperidine rings is 1. The highest BCUT2D eigenvalue weighted by molar-refractivity contribution is 5.79. The molecule has 1 rings (SSSR count). The highest BCUT2D eigenvalue weighted by Gasteiger charge is 2.32. The standard InChI is InChI=1S/C10H17NO4/c1-15-10(14)8(5-9(12)13)7-3-2-4-11-6-7/h7-8,11H,2-6H2,1H3,(H,12,13). The van der Waals surface area contributed by atoms with Crippen LogP contribution in [-0.2, 0) is 14.3 Å². The molecule has 0 amide bonds. The highest BCUT2D eigenvalue weighted by Crippen LogP contribution is 2.24. The molecule has 1 fully saturated rings. The van der Waals surface area contributed by atoms with E-state index >= 15 is 0 Å². The van der Waals surface area contributed by atoms with Crippen LogP contribution in [0, 0.1) is 11.8 Å². The molecule has 1 saturated heterocycles. The number of carbonyl (C=O) groups is 2. The minimum atomic E-state index is -0.948. The lowest BCUT2D eigenvalue weighted by atomic mass is 9.84. The number of carbonyl (C=O) groups excluding carboxylic acids is 1. The van der Waals surface area contributed by atoms with Crippen LogP contribution in [0.2, 0.25) is 0 Å². The van der Waals surface area contributed by atoms with Crippen LogP contribution in [0.1, 0.15) is 19.3 Å². The number of rotatable bonds is 4. The maximum atomic E-state index is 11.4. The van der Waals surface area contributed by atoms with Crippen LogP contribution in [0.3, 0.4) is 0 Å². The fourth-order valence-electron chi connectivity index (χ4n) is 2.00. The number of nitrogens with one attached hydrogen (secondary N) is 1. The minimum absolute atomic E-state index is 0.0855. The van der Waals surface area contributed by atoms with Crippen molar-refractivity contribution >= 4 is 11.9 Å². The lowest BCUT2D eigenvalue weighted by Crippen LogP contribution is -2.38. The van der Waals surface area contributed by atoms with Crippen LogP contribution < -0.4 is 5.32 Å². The second kappa shape index (κ2) is 5.70. The van der Waals surface area contributed by atoms with Gasteiger partial charge in [-0.15, -0.1) is 0 Å². The van der Waals surface area contributed by atoms with Crippen molar-refractivity contribution in [2.24, 2.45) is 11.8 Å². The zero-order valence-corrected chi connectivity index (χ0v) is 8.86. The third-order valence-corrected chi connectivity index (χ3v) is 2.80. The predicted octanol–water partition coefficient (Wildman–Crippen LogP) is 0.250. The largest absolute Gasteiger partial charge is 0.481 e. The molecule has 2 unspecified atom stereocenters. The molecule has 86 valence electrons. The second-order valence-corrected chi connectivity index (χ2v) is 3.83. The van der Waals surface area contributed by atoms with E-state index in [-0.39, 0.29) is 12.3 Å². The zero-order chi connectivity index (χ0) is 11.3. The molecule has 0 aromatic carbocycles. The molecule has 0 aromatic heterocycles. The molecule has 1 aliphatic heterocycles. The van der Waals surface area contributed by atoms with Gasteiger partial charge in [-0.3, -0.25) is 9.59 Å². The number of hydrogen-bond acceptors (Lipinski definition) is 4. The molecular formula is C10H17NO4. The van der Waals surface area contributed by atoms with Crippen LogP contribution in [-0.4, -0.2) is 37.2 Å². The smallest absolute Gasteiger partial charge is 0.309 e. The van der Waals surface area contributed by atoms with Gasteiger partial charge in [-0.25, -0.2) is 0 Å². The van der Waals surface area contributed by atoms with Crippen LogP contribution >= 0.6 is 0 Å². The van der Waals surface area contributed by atoms with Crippen LogP contribution in [0.4, 0.5) is 0 Å².